The van der Waals surface area contributed by atoms with Gasteiger partial charge in [0.05, 0.1) is 7.11 Å². The van der Waals surface area contributed by atoms with Crippen LogP contribution in [0, 0.1) is 0 Å². The van der Waals surface area contributed by atoms with Gasteiger partial charge in [0.1, 0.15) is 5.75 Å². The van der Waals surface area contributed by atoms with Gasteiger partial charge in [-0.2, -0.15) is 0 Å². The number of fused-ring (bicyclic) bond motifs is 1. The summed E-state index contributed by atoms with van der Waals surface area (Å²) in [6.45, 7) is 0. The van der Waals surface area contributed by atoms with Crippen LogP contribution >= 0.6 is 11.6 Å². The van der Waals surface area contributed by atoms with Gasteiger partial charge in [0.2, 0.25) is 0 Å². The van der Waals surface area contributed by atoms with Crippen molar-refractivity contribution < 1.29 is 4.74 Å². The number of hydrogen-bond donors (Lipinski definition) is 1. The van der Waals surface area contributed by atoms with E-state index in [0.717, 1.165) is 17.2 Å². The number of aryl methyl sites for hydroxylation is 1. The average molecular weight is 390 g/mol. The van der Waals surface area contributed by atoms with Crippen LogP contribution in [-0.4, -0.2) is 13.2 Å². The summed E-state index contributed by atoms with van der Waals surface area (Å²) in [5.41, 5.74) is 6.75. The number of rotatable bonds is 5. The molecule has 1 N–H and O–H groups in total. The maximum absolute atomic E-state index is 5.99. The van der Waals surface area contributed by atoms with Crippen LogP contribution in [0.5, 0.6) is 5.75 Å². The number of nitrogens with one attached hydrogen (secondary N) is 1. The maximum atomic E-state index is 5.99. The summed E-state index contributed by atoms with van der Waals surface area (Å²) in [4.78, 5) is 0. The molecule has 0 amide bonds. The first-order valence-electron chi connectivity index (χ1n) is 10.00. The van der Waals surface area contributed by atoms with Crippen LogP contribution in [0.3, 0.4) is 0 Å². The van der Waals surface area contributed by atoms with E-state index in [4.69, 9.17) is 16.3 Å². The first-order valence-corrected chi connectivity index (χ1v) is 10.4. The second kappa shape index (κ2) is 7.27. The van der Waals surface area contributed by atoms with Gasteiger partial charge < -0.3 is 10.1 Å². The highest BCUT2D eigenvalue weighted by atomic mass is 35.5. The van der Waals surface area contributed by atoms with Crippen molar-refractivity contribution in [1.82, 2.24) is 5.32 Å². The Kier molecular flexibility index (Phi) is 4.62. The zero-order chi connectivity index (χ0) is 19.1. The number of methoxy groups -OCH3 is 1. The normalized spacial score (nSPS) is 22.7. The molecule has 3 heteroatoms. The Hall–Kier alpha value is -2.29. The molecule has 2 aliphatic rings. The molecule has 0 spiro atoms. The Bertz CT molecular complexity index is 980. The average Bonchev–Trinajstić information content (AvgIpc) is 3.40. The highest BCUT2D eigenvalue weighted by Gasteiger charge is 2.40. The molecular weight excluding hydrogens is 366 g/mol. The van der Waals surface area contributed by atoms with Crippen molar-refractivity contribution in [1.29, 1.82) is 0 Å². The second-order valence-electron chi connectivity index (χ2n) is 7.90. The molecule has 1 fully saturated rings. The van der Waals surface area contributed by atoms with Crippen molar-refractivity contribution in [2.75, 3.05) is 7.11 Å². The summed E-state index contributed by atoms with van der Waals surface area (Å²) in [5.74, 6) is 1.58. The van der Waals surface area contributed by atoms with Gasteiger partial charge >= 0.3 is 0 Å². The number of ether oxygens (including phenoxy) is 1. The SMILES string of the molecule is COc1ccc2c(c1)C(N[C@@H]1C[C@H]1c1ccc(-c3ccc(Cl)cc3)cc1)CC2. The van der Waals surface area contributed by atoms with E-state index in [1.807, 2.05) is 12.1 Å². The zero-order valence-electron chi connectivity index (χ0n) is 16.0. The van der Waals surface area contributed by atoms with Crippen LogP contribution in [0.4, 0.5) is 0 Å². The third-order valence-electron chi connectivity index (χ3n) is 6.15. The standard InChI is InChI=1S/C25H24ClNO/c1-28-21-12-8-19-9-13-24(22(19)14-21)27-25-15-23(25)18-4-2-16(3-5-18)17-6-10-20(26)11-7-17/h2-8,10-12,14,23-25,27H,9,13,15H2,1H3/t23-,24?,25+/m0/s1. The molecule has 3 atom stereocenters. The molecule has 0 heterocycles. The number of benzene rings is 3. The van der Waals surface area contributed by atoms with Crippen LogP contribution in [0.15, 0.2) is 66.7 Å². The van der Waals surface area contributed by atoms with E-state index < -0.39 is 0 Å². The molecule has 1 unspecified atom stereocenters. The Labute approximate surface area is 171 Å². The van der Waals surface area contributed by atoms with Crippen molar-refractivity contribution in [2.24, 2.45) is 0 Å². The Morgan fingerprint density at radius 2 is 1.64 bits per heavy atom. The van der Waals surface area contributed by atoms with E-state index in [0.29, 0.717) is 18.0 Å². The number of halogens is 1. The molecular formula is C25H24ClNO. The molecule has 0 aromatic heterocycles. The minimum absolute atomic E-state index is 0.452. The Morgan fingerprint density at radius 1 is 0.929 bits per heavy atom. The fourth-order valence-electron chi connectivity index (χ4n) is 4.45. The van der Waals surface area contributed by atoms with Crippen molar-refractivity contribution >= 4 is 11.6 Å². The van der Waals surface area contributed by atoms with E-state index in [1.54, 1.807) is 7.11 Å². The maximum Gasteiger partial charge on any atom is 0.119 e. The van der Waals surface area contributed by atoms with Gasteiger partial charge in [-0.3, -0.25) is 0 Å². The van der Waals surface area contributed by atoms with Crippen LogP contribution in [-0.2, 0) is 6.42 Å². The lowest BCUT2D eigenvalue weighted by Crippen LogP contribution is -2.22. The van der Waals surface area contributed by atoms with Crippen molar-refractivity contribution in [3.8, 4) is 16.9 Å². The van der Waals surface area contributed by atoms with Gasteiger partial charge in [0, 0.05) is 23.0 Å². The van der Waals surface area contributed by atoms with Crippen LogP contribution in [0.1, 0.15) is 41.5 Å². The van der Waals surface area contributed by atoms with E-state index in [2.05, 4.69) is 59.9 Å². The predicted octanol–water partition coefficient (Wildman–Crippen LogP) is 6.15. The molecule has 0 bridgehead atoms. The second-order valence-corrected chi connectivity index (χ2v) is 8.34. The first kappa shape index (κ1) is 17.8. The molecule has 3 aromatic carbocycles. The van der Waals surface area contributed by atoms with Crippen LogP contribution in [0.25, 0.3) is 11.1 Å². The first-order chi connectivity index (χ1) is 13.7. The van der Waals surface area contributed by atoms with E-state index in [9.17, 15) is 0 Å². The summed E-state index contributed by atoms with van der Waals surface area (Å²) in [7, 11) is 1.74. The van der Waals surface area contributed by atoms with Crippen LogP contribution < -0.4 is 10.1 Å². The van der Waals surface area contributed by atoms with Crippen molar-refractivity contribution in [2.45, 2.75) is 37.3 Å². The molecule has 5 rings (SSSR count). The fraction of sp³-hybridized carbons (Fsp3) is 0.280. The lowest BCUT2D eigenvalue weighted by Gasteiger charge is -2.15. The molecule has 2 aliphatic carbocycles. The van der Waals surface area contributed by atoms with Gasteiger partial charge in [0.25, 0.3) is 0 Å². The minimum Gasteiger partial charge on any atom is -0.497 e. The lowest BCUT2D eigenvalue weighted by molar-refractivity contribution is 0.413. The summed E-state index contributed by atoms with van der Waals surface area (Å²) < 4.78 is 5.42. The lowest BCUT2D eigenvalue weighted by atomic mass is 10.0. The van der Waals surface area contributed by atoms with Gasteiger partial charge in [-0.25, -0.2) is 0 Å². The van der Waals surface area contributed by atoms with Gasteiger partial charge in [0.15, 0.2) is 0 Å². The molecule has 0 aliphatic heterocycles. The molecule has 0 radical (unpaired) electrons. The molecule has 142 valence electrons. The zero-order valence-corrected chi connectivity index (χ0v) is 16.7. The monoisotopic (exact) mass is 389 g/mol. The third-order valence-corrected chi connectivity index (χ3v) is 6.40. The molecule has 28 heavy (non-hydrogen) atoms. The Morgan fingerprint density at radius 3 is 2.36 bits per heavy atom. The highest BCUT2D eigenvalue weighted by molar-refractivity contribution is 6.30. The van der Waals surface area contributed by atoms with Crippen molar-refractivity contribution in [3.63, 3.8) is 0 Å². The van der Waals surface area contributed by atoms with Gasteiger partial charge in [-0.05, 0) is 71.3 Å². The molecule has 1 saturated carbocycles. The summed E-state index contributed by atoms with van der Waals surface area (Å²) in [5, 5.41) is 4.67. The smallest absolute Gasteiger partial charge is 0.119 e. The molecule has 3 aromatic rings. The van der Waals surface area contributed by atoms with E-state index in [-0.39, 0.29) is 0 Å². The highest BCUT2D eigenvalue weighted by Crippen LogP contribution is 2.44. The van der Waals surface area contributed by atoms with Gasteiger partial charge in [-0.1, -0.05) is 54.1 Å². The summed E-state index contributed by atoms with van der Waals surface area (Å²) in [6, 6.07) is 24.6. The van der Waals surface area contributed by atoms with Crippen LogP contribution in [0.2, 0.25) is 5.02 Å². The van der Waals surface area contributed by atoms with Crippen molar-refractivity contribution in [3.05, 3.63) is 88.4 Å². The minimum atomic E-state index is 0.452. The molecule has 2 nitrogen and oxygen atoms in total. The van der Waals surface area contributed by atoms with E-state index >= 15 is 0 Å². The topological polar surface area (TPSA) is 21.3 Å². The predicted molar refractivity (Wildman–Crippen MR) is 115 cm³/mol. The summed E-state index contributed by atoms with van der Waals surface area (Å²) >= 11 is 5.99. The largest absolute Gasteiger partial charge is 0.497 e. The van der Waals surface area contributed by atoms with E-state index in [1.165, 1.54) is 40.7 Å². The third kappa shape index (κ3) is 3.43. The molecule has 0 saturated heterocycles. The number of hydrogen-bond acceptors (Lipinski definition) is 2. The fourth-order valence-corrected chi connectivity index (χ4v) is 4.58. The Balaban J connectivity index is 1.25. The van der Waals surface area contributed by atoms with Gasteiger partial charge in [-0.15, -0.1) is 0 Å². The summed E-state index contributed by atoms with van der Waals surface area (Å²) in [6.07, 6.45) is 3.56. The quantitative estimate of drug-likeness (QED) is 0.565.